The molecule has 0 spiro atoms. The molecule has 15 heavy (non-hydrogen) atoms. The fourth-order valence-electron chi connectivity index (χ4n) is 2.27. The molecule has 0 aromatic carbocycles. The molecule has 0 bridgehead atoms. The summed E-state index contributed by atoms with van der Waals surface area (Å²) < 4.78 is 5.45. The summed E-state index contributed by atoms with van der Waals surface area (Å²) in [6.45, 7) is 1.11. The number of furan rings is 1. The third-order valence-corrected chi connectivity index (χ3v) is 3.07. The quantitative estimate of drug-likeness (QED) is 0.772. The Morgan fingerprint density at radius 2 is 2.40 bits per heavy atom. The average molecular weight is 202 g/mol. The van der Waals surface area contributed by atoms with E-state index < -0.39 is 0 Å². The highest BCUT2D eigenvalue weighted by Crippen LogP contribution is 2.29. The maximum Gasteiger partial charge on any atom is 0.226 e. The van der Waals surface area contributed by atoms with Gasteiger partial charge in [0.05, 0.1) is 6.26 Å². The van der Waals surface area contributed by atoms with Crippen LogP contribution in [0.4, 0.5) is 0 Å². The van der Waals surface area contributed by atoms with Gasteiger partial charge in [-0.2, -0.15) is 0 Å². The molecule has 1 atom stereocenters. The van der Waals surface area contributed by atoms with Crippen LogP contribution in [0.25, 0.3) is 11.1 Å². The number of nitrogens with zero attached hydrogens (tertiary/aromatic N) is 1. The number of aromatic nitrogens is 1. The summed E-state index contributed by atoms with van der Waals surface area (Å²) in [4.78, 5) is 4.20. The van der Waals surface area contributed by atoms with Gasteiger partial charge < -0.3 is 9.73 Å². The fraction of sp³-hybridized carbons (Fsp3) is 0.417. The van der Waals surface area contributed by atoms with Gasteiger partial charge in [0, 0.05) is 23.2 Å². The van der Waals surface area contributed by atoms with E-state index in [-0.39, 0.29) is 0 Å². The lowest BCUT2D eigenvalue weighted by molar-refractivity contribution is 0.410. The zero-order valence-corrected chi connectivity index (χ0v) is 8.57. The Labute approximate surface area is 88.5 Å². The number of piperidine rings is 1. The number of rotatable bonds is 1. The van der Waals surface area contributed by atoms with E-state index in [1.165, 1.54) is 24.8 Å². The molecule has 1 aliphatic rings. The minimum Gasteiger partial charge on any atom is -0.446 e. The molecule has 78 valence electrons. The fourth-order valence-corrected chi connectivity index (χ4v) is 2.27. The summed E-state index contributed by atoms with van der Waals surface area (Å²) >= 11 is 0. The molecule has 0 amide bonds. The Hall–Kier alpha value is -1.35. The predicted octanol–water partition coefficient (Wildman–Crippen LogP) is 2.64. The van der Waals surface area contributed by atoms with Crippen molar-refractivity contribution in [3.05, 3.63) is 30.2 Å². The minimum absolute atomic E-state index is 0.448. The molecule has 1 N–H and O–H groups in total. The van der Waals surface area contributed by atoms with Gasteiger partial charge in [-0.15, -0.1) is 0 Å². The van der Waals surface area contributed by atoms with Gasteiger partial charge in [-0.05, 0) is 31.5 Å². The number of hydrogen-bond acceptors (Lipinski definition) is 3. The van der Waals surface area contributed by atoms with E-state index in [9.17, 15) is 0 Å². The second-order valence-corrected chi connectivity index (χ2v) is 4.05. The lowest BCUT2D eigenvalue weighted by atomic mass is 9.98. The monoisotopic (exact) mass is 202 g/mol. The molecule has 3 heteroatoms. The molecule has 3 nitrogen and oxygen atoms in total. The highest BCUT2D eigenvalue weighted by Gasteiger charge is 2.19. The minimum atomic E-state index is 0.448. The molecule has 3 heterocycles. The number of nitrogens with one attached hydrogen (secondary N) is 1. The van der Waals surface area contributed by atoms with Crippen molar-refractivity contribution in [1.29, 1.82) is 0 Å². The highest BCUT2D eigenvalue weighted by atomic mass is 16.3. The maximum atomic E-state index is 5.45. The summed E-state index contributed by atoms with van der Waals surface area (Å²) in [6.07, 6.45) is 7.39. The second kappa shape index (κ2) is 3.66. The zero-order valence-electron chi connectivity index (χ0n) is 8.57. The number of hydrogen-bond donors (Lipinski definition) is 1. The first-order valence-corrected chi connectivity index (χ1v) is 5.50. The Kier molecular flexibility index (Phi) is 2.18. The third-order valence-electron chi connectivity index (χ3n) is 3.07. The van der Waals surface area contributed by atoms with E-state index in [0.29, 0.717) is 6.04 Å². The molecule has 2 aromatic heterocycles. The lowest BCUT2D eigenvalue weighted by Gasteiger charge is -2.22. The summed E-state index contributed by atoms with van der Waals surface area (Å²) in [5.74, 6) is 0. The third kappa shape index (κ3) is 1.53. The van der Waals surface area contributed by atoms with Crippen LogP contribution >= 0.6 is 0 Å². The van der Waals surface area contributed by atoms with Crippen molar-refractivity contribution in [1.82, 2.24) is 10.3 Å². The maximum absolute atomic E-state index is 5.45. The highest BCUT2D eigenvalue weighted by molar-refractivity contribution is 5.77. The van der Waals surface area contributed by atoms with Gasteiger partial charge in [0.2, 0.25) is 5.71 Å². The Morgan fingerprint density at radius 3 is 3.27 bits per heavy atom. The standard InChI is InChI=1S/C12H14N2O/c1-2-6-13-11(5-1)10-8-15-12-9(10)4-3-7-14-12/h3-4,7-8,11,13H,1-2,5-6H2. The normalized spacial score (nSPS) is 22.0. The first-order chi connectivity index (χ1) is 7.45. The molecule has 2 aromatic rings. The smallest absolute Gasteiger partial charge is 0.226 e. The molecule has 0 radical (unpaired) electrons. The van der Waals surface area contributed by atoms with Gasteiger partial charge in [0.25, 0.3) is 0 Å². The van der Waals surface area contributed by atoms with Gasteiger partial charge in [-0.25, -0.2) is 4.98 Å². The van der Waals surface area contributed by atoms with Gasteiger partial charge in [0.15, 0.2) is 0 Å². The Bertz CT molecular complexity index is 457. The molecular formula is C12H14N2O. The number of pyridine rings is 1. The van der Waals surface area contributed by atoms with Gasteiger partial charge in [-0.1, -0.05) is 6.42 Å². The van der Waals surface area contributed by atoms with E-state index in [2.05, 4.69) is 16.4 Å². The molecule has 3 rings (SSSR count). The van der Waals surface area contributed by atoms with Crippen LogP contribution < -0.4 is 5.32 Å². The van der Waals surface area contributed by atoms with Crippen LogP contribution in [0, 0.1) is 0 Å². The summed E-state index contributed by atoms with van der Waals surface area (Å²) in [7, 11) is 0. The summed E-state index contributed by atoms with van der Waals surface area (Å²) in [6, 6.07) is 4.49. The second-order valence-electron chi connectivity index (χ2n) is 4.05. The van der Waals surface area contributed by atoms with Gasteiger partial charge in [-0.3, -0.25) is 0 Å². The van der Waals surface area contributed by atoms with Crippen LogP contribution in [0.2, 0.25) is 0 Å². The van der Waals surface area contributed by atoms with Crippen LogP contribution in [0.1, 0.15) is 30.9 Å². The van der Waals surface area contributed by atoms with Crippen LogP contribution in [-0.2, 0) is 0 Å². The summed E-state index contributed by atoms with van der Waals surface area (Å²) in [5.41, 5.74) is 2.01. The van der Waals surface area contributed by atoms with Crippen LogP contribution in [0.5, 0.6) is 0 Å². The van der Waals surface area contributed by atoms with Crippen LogP contribution in [0.15, 0.2) is 29.0 Å². The van der Waals surface area contributed by atoms with Crippen molar-refractivity contribution >= 4 is 11.1 Å². The molecule has 0 aliphatic carbocycles. The van der Waals surface area contributed by atoms with Crippen molar-refractivity contribution < 1.29 is 4.42 Å². The first kappa shape index (κ1) is 8.92. The molecule has 1 fully saturated rings. The SMILES string of the molecule is c1cnc2occ(C3CCCCN3)c2c1. The average Bonchev–Trinajstić information content (AvgIpc) is 2.74. The van der Waals surface area contributed by atoms with Gasteiger partial charge >= 0.3 is 0 Å². The van der Waals surface area contributed by atoms with E-state index >= 15 is 0 Å². The van der Waals surface area contributed by atoms with Crippen molar-refractivity contribution in [2.45, 2.75) is 25.3 Å². The first-order valence-electron chi connectivity index (χ1n) is 5.50. The van der Waals surface area contributed by atoms with E-state index in [0.717, 1.165) is 17.6 Å². The largest absolute Gasteiger partial charge is 0.446 e. The Morgan fingerprint density at radius 1 is 1.40 bits per heavy atom. The zero-order chi connectivity index (χ0) is 10.1. The topological polar surface area (TPSA) is 38.1 Å². The molecule has 0 saturated carbocycles. The number of fused-ring (bicyclic) bond motifs is 1. The summed E-state index contributed by atoms with van der Waals surface area (Å²) in [5, 5.41) is 4.68. The molecule has 1 saturated heterocycles. The van der Waals surface area contributed by atoms with Gasteiger partial charge in [0.1, 0.15) is 0 Å². The predicted molar refractivity (Wildman–Crippen MR) is 58.6 cm³/mol. The molecular weight excluding hydrogens is 188 g/mol. The Balaban J connectivity index is 2.02. The van der Waals surface area contributed by atoms with Crippen molar-refractivity contribution in [2.75, 3.05) is 6.54 Å². The van der Waals surface area contributed by atoms with Crippen molar-refractivity contribution in [3.8, 4) is 0 Å². The lowest BCUT2D eigenvalue weighted by Crippen LogP contribution is -2.26. The van der Waals surface area contributed by atoms with E-state index in [1.54, 1.807) is 6.20 Å². The van der Waals surface area contributed by atoms with Crippen LogP contribution in [0.3, 0.4) is 0 Å². The van der Waals surface area contributed by atoms with E-state index in [4.69, 9.17) is 4.42 Å². The van der Waals surface area contributed by atoms with Crippen LogP contribution in [-0.4, -0.2) is 11.5 Å². The molecule has 1 unspecified atom stereocenters. The van der Waals surface area contributed by atoms with Crippen molar-refractivity contribution in [2.24, 2.45) is 0 Å². The van der Waals surface area contributed by atoms with Crippen molar-refractivity contribution in [3.63, 3.8) is 0 Å². The molecule has 1 aliphatic heterocycles. The van der Waals surface area contributed by atoms with E-state index in [1.807, 2.05) is 12.3 Å².